The highest BCUT2D eigenvalue weighted by molar-refractivity contribution is 7.89. The van der Waals surface area contributed by atoms with Crippen molar-refractivity contribution in [2.75, 3.05) is 13.1 Å². The number of halogens is 3. The second-order valence-electron chi connectivity index (χ2n) is 6.94. The van der Waals surface area contributed by atoms with Gasteiger partial charge < -0.3 is 9.84 Å². The molecule has 2 aromatic carbocycles. The van der Waals surface area contributed by atoms with E-state index in [4.69, 9.17) is 5.21 Å². The molecular weight excluding hydrogens is 441 g/mol. The molecule has 3 rings (SSSR count). The number of amides is 1. The maximum absolute atomic E-state index is 13.0. The van der Waals surface area contributed by atoms with Crippen LogP contribution in [0.3, 0.4) is 0 Å². The van der Waals surface area contributed by atoms with Gasteiger partial charge in [-0.05, 0) is 42.7 Å². The van der Waals surface area contributed by atoms with E-state index in [1.54, 1.807) is 0 Å². The van der Waals surface area contributed by atoms with E-state index >= 15 is 0 Å². The zero-order valence-electron chi connectivity index (χ0n) is 16.0. The third-order valence-electron chi connectivity index (χ3n) is 5.03. The van der Waals surface area contributed by atoms with Crippen LogP contribution in [0.2, 0.25) is 0 Å². The monoisotopic (exact) mass is 460 g/mol. The molecule has 1 amide bonds. The van der Waals surface area contributed by atoms with Gasteiger partial charge in [0.2, 0.25) is 10.0 Å². The van der Waals surface area contributed by atoms with Crippen LogP contribution in [0.25, 0.3) is 0 Å². The molecule has 31 heavy (non-hydrogen) atoms. The number of piperidine rings is 1. The van der Waals surface area contributed by atoms with Crippen LogP contribution in [-0.4, -0.2) is 48.4 Å². The minimum absolute atomic E-state index is 0.0138. The molecule has 0 bridgehead atoms. The Kier molecular flexibility index (Phi) is 6.28. The molecule has 168 valence electrons. The van der Waals surface area contributed by atoms with E-state index in [0.717, 1.165) is 16.4 Å². The highest BCUT2D eigenvalue weighted by Crippen LogP contribution is 2.36. The van der Waals surface area contributed by atoms with Crippen molar-refractivity contribution in [3.63, 3.8) is 0 Å². The fourth-order valence-electron chi connectivity index (χ4n) is 3.43. The molecule has 8 nitrogen and oxygen atoms in total. The average Bonchev–Trinajstić information content (AvgIpc) is 2.73. The maximum atomic E-state index is 13.0. The highest BCUT2D eigenvalue weighted by Gasteiger charge is 2.39. The summed E-state index contributed by atoms with van der Waals surface area (Å²) in [4.78, 5) is 11.5. The van der Waals surface area contributed by atoms with Gasteiger partial charge in [0.15, 0.2) is 0 Å². The van der Waals surface area contributed by atoms with Crippen LogP contribution < -0.4 is 10.2 Å². The number of benzene rings is 2. The van der Waals surface area contributed by atoms with Gasteiger partial charge in [0.05, 0.1) is 16.1 Å². The molecule has 1 aliphatic heterocycles. The largest absolute Gasteiger partial charge is 0.573 e. The van der Waals surface area contributed by atoms with Gasteiger partial charge in [0.25, 0.3) is 5.91 Å². The number of carbonyl (C=O) groups is 1. The molecule has 0 radical (unpaired) electrons. The summed E-state index contributed by atoms with van der Waals surface area (Å²) in [7, 11) is -4.10. The van der Waals surface area contributed by atoms with Crippen LogP contribution in [0.4, 0.5) is 13.2 Å². The Morgan fingerprint density at radius 2 is 1.65 bits per heavy atom. The molecule has 0 unspecified atom stereocenters. The molecule has 0 aliphatic carbocycles. The van der Waals surface area contributed by atoms with Crippen LogP contribution >= 0.6 is 0 Å². The number of hydroxylamine groups is 1. The van der Waals surface area contributed by atoms with Crippen LogP contribution in [0.15, 0.2) is 53.4 Å². The summed E-state index contributed by atoms with van der Waals surface area (Å²) in [6.07, 6.45) is -4.86. The summed E-state index contributed by atoms with van der Waals surface area (Å²) < 4.78 is 67.8. The van der Waals surface area contributed by atoms with E-state index in [1.165, 1.54) is 41.9 Å². The van der Waals surface area contributed by atoms with E-state index in [9.17, 15) is 31.5 Å². The lowest BCUT2D eigenvalue weighted by molar-refractivity contribution is -0.274. The molecular formula is C19H19F3N2O6S. The first-order chi connectivity index (χ1) is 14.5. The first-order valence-corrected chi connectivity index (χ1v) is 10.5. The quantitative estimate of drug-likeness (QED) is 0.466. The predicted octanol–water partition coefficient (Wildman–Crippen LogP) is 2.38. The maximum Gasteiger partial charge on any atom is 0.573 e. The summed E-state index contributed by atoms with van der Waals surface area (Å²) >= 11 is 0. The average molecular weight is 460 g/mol. The third kappa shape index (κ3) is 4.98. The van der Waals surface area contributed by atoms with Crippen LogP contribution in [0.5, 0.6) is 5.75 Å². The van der Waals surface area contributed by atoms with E-state index in [-0.39, 0.29) is 36.4 Å². The first-order valence-electron chi connectivity index (χ1n) is 9.08. The number of rotatable bonds is 5. The van der Waals surface area contributed by atoms with E-state index in [2.05, 4.69) is 4.74 Å². The summed E-state index contributed by atoms with van der Waals surface area (Å²) in [6.45, 7) is -0.177. The molecule has 2 aromatic rings. The highest BCUT2D eigenvalue weighted by atomic mass is 32.2. The minimum Gasteiger partial charge on any atom is -0.406 e. The predicted molar refractivity (Wildman–Crippen MR) is 101 cm³/mol. The van der Waals surface area contributed by atoms with Gasteiger partial charge in [0.1, 0.15) is 5.75 Å². The van der Waals surface area contributed by atoms with Gasteiger partial charge in [-0.2, -0.15) is 4.31 Å². The second kappa shape index (κ2) is 8.46. The van der Waals surface area contributed by atoms with E-state index in [0.29, 0.717) is 5.56 Å². The first kappa shape index (κ1) is 23.0. The second-order valence-corrected chi connectivity index (χ2v) is 8.85. The Balaban J connectivity index is 1.76. The molecule has 1 aliphatic rings. The molecule has 3 N–H and O–H groups in total. The normalized spacial score (nSPS) is 17.2. The third-order valence-corrected chi connectivity index (χ3v) is 6.98. The number of carbonyl (C=O) groups excluding carboxylic acids is 1. The number of sulfonamides is 1. The van der Waals surface area contributed by atoms with Gasteiger partial charge >= 0.3 is 6.36 Å². The molecule has 0 saturated carbocycles. The summed E-state index contributed by atoms with van der Waals surface area (Å²) in [6, 6.07) is 10.1. The molecule has 1 fully saturated rings. The fourth-order valence-corrected chi connectivity index (χ4v) is 5.06. The Morgan fingerprint density at radius 3 is 2.19 bits per heavy atom. The van der Waals surface area contributed by atoms with Crippen LogP contribution in [-0.2, 0) is 15.6 Å². The fraction of sp³-hybridized carbons (Fsp3) is 0.316. The molecule has 0 atom stereocenters. The SMILES string of the molecule is O=C(NO)c1ccccc1S(=O)(=O)N1CCC(O)(c2ccc(OC(F)(F)F)cc2)CC1. The zero-order chi connectivity index (χ0) is 22.9. The molecule has 1 saturated heterocycles. The summed E-state index contributed by atoms with van der Waals surface area (Å²) in [5.41, 5.74) is 0.0697. The van der Waals surface area contributed by atoms with Crippen molar-refractivity contribution < 1.29 is 41.4 Å². The Morgan fingerprint density at radius 1 is 1.06 bits per heavy atom. The Hall–Kier alpha value is -2.67. The number of hydrogen-bond donors (Lipinski definition) is 3. The topological polar surface area (TPSA) is 116 Å². The van der Waals surface area contributed by atoms with E-state index in [1.807, 2.05) is 0 Å². The van der Waals surface area contributed by atoms with Gasteiger partial charge in [-0.25, -0.2) is 13.9 Å². The molecule has 12 heteroatoms. The lowest BCUT2D eigenvalue weighted by Crippen LogP contribution is -2.45. The number of ether oxygens (including phenoxy) is 1. The van der Waals surface area contributed by atoms with Crippen molar-refractivity contribution in [3.8, 4) is 5.75 Å². The van der Waals surface area contributed by atoms with Crippen LogP contribution in [0, 0.1) is 0 Å². The lowest BCUT2D eigenvalue weighted by Gasteiger charge is -2.38. The molecule has 1 heterocycles. The van der Waals surface area contributed by atoms with Crippen molar-refractivity contribution in [2.24, 2.45) is 0 Å². The summed E-state index contributed by atoms with van der Waals surface area (Å²) in [5, 5.41) is 19.8. The van der Waals surface area contributed by atoms with Gasteiger partial charge in [-0.3, -0.25) is 10.0 Å². The Labute approximate surface area is 175 Å². The van der Waals surface area contributed by atoms with Gasteiger partial charge in [0, 0.05) is 13.1 Å². The summed E-state index contributed by atoms with van der Waals surface area (Å²) in [5.74, 6) is -1.41. The van der Waals surface area contributed by atoms with Crippen molar-refractivity contribution in [1.29, 1.82) is 0 Å². The molecule has 0 spiro atoms. The lowest BCUT2D eigenvalue weighted by atomic mass is 9.85. The van der Waals surface area contributed by atoms with Crippen molar-refractivity contribution in [1.82, 2.24) is 9.79 Å². The van der Waals surface area contributed by atoms with Crippen molar-refractivity contribution in [2.45, 2.75) is 29.7 Å². The number of aliphatic hydroxyl groups is 1. The molecule has 0 aromatic heterocycles. The number of nitrogens with one attached hydrogen (secondary N) is 1. The van der Waals surface area contributed by atoms with E-state index < -0.39 is 33.6 Å². The van der Waals surface area contributed by atoms with Crippen molar-refractivity contribution >= 4 is 15.9 Å². The van der Waals surface area contributed by atoms with Crippen molar-refractivity contribution in [3.05, 3.63) is 59.7 Å². The zero-order valence-corrected chi connectivity index (χ0v) is 16.8. The standard InChI is InChI=1S/C19H19F3N2O6S/c20-19(21,22)30-14-7-5-13(6-8-14)18(26)9-11-24(12-10-18)31(28,29)16-4-2-1-3-15(16)17(25)23-27/h1-8,26-27H,9-12H2,(H,23,25). The number of alkyl halides is 3. The number of hydrogen-bond acceptors (Lipinski definition) is 6. The minimum atomic E-state index is -4.83. The van der Waals surface area contributed by atoms with Crippen LogP contribution in [0.1, 0.15) is 28.8 Å². The van der Waals surface area contributed by atoms with Gasteiger partial charge in [-0.15, -0.1) is 13.2 Å². The smallest absolute Gasteiger partial charge is 0.406 e. The van der Waals surface area contributed by atoms with Gasteiger partial charge in [-0.1, -0.05) is 24.3 Å². The Bertz CT molecular complexity index is 1050. The number of nitrogens with zero attached hydrogens (tertiary/aromatic N) is 1.